The zero-order chi connectivity index (χ0) is 45.0. The van der Waals surface area contributed by atoms with Crippen molar-refractivity contribution < 1.29 is 47.8 Å². The number of ether oxygens (including phenoxy) is 1. The average molecular weight is 900 g/mol. The van der Waals surface area contributed by atoms with Crippen LogP contribution in [0.2, 0.25) is 0 Å². The normalized spacial score (nSPS) is 19.0. The fourth-order valence-electron chi connectivity index (χ4n) is 7.19. The Balaban J connectivity index is 1.23. The number of benzene rings is 3. The van der Waals surface area contributed by atoms with Gasteiger partial charge in [-0.3, -0.25) is 43.1 Å². The van der Waals surface area contributed by atoms with Gasteiger partial charge >= 0.3 is 29.4 Å². The molecule has 7 rings (SSSR count). The van der Waals surface area contributed by atoms with E-state index < -0.39 is 76.1 Å². The van der Waals surface area contributed by atoms with Crippen molar-refractivity contribution in [3.05, 3.63) is 129 Å². The number of hydrogen-bond donors (Lipinski definition) is 4. The van der Waals surface area contributed by atoms with Crippen molar-refractivity contribution in [2.75, 3.05) is 31.1 Å². The molecule has 0 saturated carbocycles. The summed E-state index contributed by atoms with van der Waals surface area (Å²) in [5, 5.41) is 23.1. The molecule has 4 N–H and O–H groups in total. The van der Waals surface area contributed by atoms with Crippen LogP contribution in [0.25, 0.3) is 0 Å². The Morgan fingerprint density at radius 2 is 1.62 bits per heavy atom. The first-order valence-electron chi connectivity index (χ1n) is 19.2. The second-order valence-corrected chi connectivity index (χ2v) is 16.2. The Bertz CT molecular complexity index is 2540. The van der Waals surface area contributed by atoms with E-state index in [1.807, 2.05) is 0 Å². The Labute approximate surface area is 366 Å². The van der Waals surface area contributed by atoms with E-state index in [-0.39, 0.29) is 54.0 Å². The Morgan fingerprint density at radius 1 is 0.968 bits per heavy atom. The Hall–Kier alpha value is -7.07. The minimum absolute atomic E-state index is 0.0113. The Morgan fingerprint density at radius 3 is 2.25 bits per heavy atom. The monoisotopic (exact) mass is 899 g/mol. The number of amides is 7. The van der Waals surface area contributed by atoms with Crippen LogP contribution in [0.15, 0.2) is 106 Å². The van der Waals surface area contributed by atoms with Crippen LogP contribution in [0.4, 0.5) is 9.18 Å². The molecule has 3 atom stereocenters. The first kappa shape index (κ1) is 44.0. The maximum Gasteiger partial charge on any atom is 0.356 e. The summed E-state index contributed by atoms with van der Waals surface area (Å²) in [4.78, 5) is 110. The third-order valence-corrected chi connectivity index (χ3v) is 13.0. The summed E-state index contributed by atoms with van der Waals surface area (Å²) in [6.45, 7) is 1.65. The molecule has 4 aromatic rings. The van der Waals surface area contributed by atoms with Crippen molar-refractivity contribution in [1.82, 2.24) is 45.4 Å². The van der Waals surface area contributed by atoms with Gasteiger partial charge < -0.3 is 30.7 Å². The number of piperazine rings is 1. The minimum atomic E-state index is -2.29. The molecule has 1 unspecified atom stereocenters. The second-order valence-electron chi connectivity index (χ2n) is 14.2. The van der Waals surface area contributed by atoms with Gasteiger partial charge in [-0.1, -0.05) is 90.6 Å². The fourth-order valence-corrected chi connectivity index (χ4v) is 9.66. The molecule has 3 aliphatic heterocycles. The van der Waals surface area contributed by atoms with E-state index in [0.29, 0.717) is 21.6 Å². The number of esters is 1. The van der Waals surface area contributed by atoms with Gasteiger partial charge in [0.1, 0.15) is 22.9 Å². The lowest BCUT2D eigenvalue weighted by Gasteiger charge is -2.56. The van der Waals surface area contributed by atoms with Gasteiger partial charge in [0, 0.05) is 43.8 Å². The third-order valence-electron chi connectivity index (χ3n) is 10.5. The number of carbonyl (C=O) groups is 7. The van der Waals surface area contributed by atoms with Gasteiger partial charge in [0.2, 0.25) is 18.0 Å². The number of nitrogens with zero attached hydrogens (tertiary/aromatic N) is 6. The van der Waals surface area contributed by atoms with Gasteiger partial charge in [0.25, 0.3) is 11.8 Å². The van der Waals surface area contributed by atoms with E-state index in [4.69, 9.17) is 4.74 Å². The topological polar surface area (TPSA) is 243 Å². The summed E-state index contributed by atoms with van der Waals surface area (Å²) in [5.41, 5.74) is -2.20. The zero-order valence-corrected chi connectivity index (χ0v) is 35.1. The first-order valence-corrected chi connectivity index (χ1v) is 21.3. The molecular weight excluding hydrogens is 862 g/mol. The molecule has 2 fully saturated rings. The minimum Gasteiger partial charge on any atom is -0.488 e. The number of urea groups is 1. The van der Waals surface area contributed by atoms with Gasteiger partial charge in [-0.2, -0.15) is 0 Å². The first-order chi connectivity index (χ1) is 30.3. The number of likely N-dealkylation sites (N-methyl/N-ethyl adjacent to an activating group) is 1. The third kappa shape index (κ3) is 8.45. The lowest BCUT2D eigenvalue weighted by molar-refractivity contribution is -0.164. The van der Waals surface area contributed by atoms with E-state index in [1.54, 1.807) is 67.6 Å². The lowest BCUT2D eigenvalue weighted by atomic mass is 9.94. The summed E-state index contributed by atoms with van der Waals surface area (Å²) in [5.74, 6) is -7.13. The Kier molecular flexibility index (Phi) is 12.9. The van der Waals surface area contributed by atoms with Gasteiger partial charge in [-0.05, 0) is 29.7 Å². The molecule has 63 heavy (non-hydrogen) atoms. The van der Waals surface area contributed by atoms with Gasteiger partial charge in [-0.15, -0.1) is 22.0 Å². The van der Waals surface area contributed by atoms with Gasteiger partial charge in [-0.25, -0.2) is 14.0 Å². The van der Waals surface area contributed by atoms with Gasteiger partial charge in [0.05, 0.1) is 0 Å². The number of aromatic nitrogens is 3. The molecular formula is C41H38FN9O10S2. The smallest absolute Gasteiger partial charge is 0.356 e. The number of rotatable bonds is 14. The summed E-state index contributed by atoms with van der Waals surface area (Å²) in [7, 11) is 1.36. The number of nitrogens with one attached hydrogen (secondary N) is 3. The summed E-state index contributed by atoms with van der Waals surface area (Å²) in [6.07, 6.45) is -0.813. The molecule has 0 bridgehead atoms. The lowest BCUT2D eigenvalue weighted by Crippen LogP contribution is -2.85. The molecule has 1 aromatic heterocycles. The highest BCUT2D eigenvalue weighted by molar-refractivity contribution is 8.01. The van der Waals surface area contributed by atoms with Crippen molar-refractivity contribution in [3.63, 3.8) is 0 Å². The molecule has 19 nitrogen and oxygen atoms in total. The molecule has 0 radical (unpaired) electrons. The predicted octanol–water partition coefficient (Wildman–Crippen LogP) is 1.31. The number of imide groups is 1. The average Bonchev–Trinajstić information content (AvgIpc) is 3.29. The molecule has 7 amide bonds. The van der Waals surface area contributed by atoms with Crippen LogP contribution in [0, 0.1) is 5.82 Å². The van der Waals surface area contributed by atoms with Crippen molar-refractivity contribution in [2.45, 2.75) is 35.3 Å². The number of aromatic hydroxyl groups is 1. The summed E-state index contributed by atoms with van der Waals surface area (Å²) < 4.78 is 22.7. The zero-order valence-electron chi connectivity index (χ0n) is 33.4. The van der Waals surface area contributed by atoms with Crippen molar-refractivity contribution >= 4 is 65.6 Å². The van der Waals surface area contributed by atoms with Crippen LogP contribution in [0.3, 0.4) is 0 Å². The summed E-state index contributed by atoms with van der Waals surface area (Å²) >= 11 is 2.00. The largest absolute Gasteiger partial charge is 0.488 e. The van der Waals surface area contributed by atoms with Crippen LogP contribution < -0.4 is 21.5 Å². The predicted molar refractivity (Wildman–Crippen MR) is 222 cm³/mol. The van der Waals surface area contributed by atoms with Gasteiger partial charge in [0.15, 0.2) is 11.3 Å². The van der Waals surface area contributed by atoms with E-state index in [9.17, 15) is 43.5 Å². The SMILES string of the molecule is CCN1CCN(C(=O)NC(C(=O)N[C@]2(NC=O)C(=O)N3C(C(=O)OC(c4ccccc4)c4ccccc4)=C(CSc4nnc(O)c(=O)n4C)CS[C@H]32)c2ccccc2F)C(=O)C1=O. The van der Waals surface area contributed by atoms with Crippen LogP contribution in [-0.4, -0.2) is 119 Å². The fraction of sp³-hybridized carbons (Fsp3) is 0.268. The van der Waals surface area contributed by atoms with Crippen LogP contribution in [0.5, 0.6) is 5.88 Å². The highest BCUT2D eigenvalue weighted by Gasteiger charge is 2.66. The van der Waals surface area contributed by atoms with E-state index in [2.05, 4.69) is 26.1 Å². The van der Waals surface area contributed by atoms with E-state index in [0.717, 1.165) is 39.1 Å². The molecule has 326 valence electrons. The molecule has 3 aliphatic rings. The second kappa shape index (κ2) is 18.5. The van der Waals surface area contributed by atoms with Crippen LogP contribution >= 0.6 is 23.5 Å². The molecule has 2 saturated heterocycles. The number of fused-ring (bicyclic) bond motifs is 1. The highest BCUT2D eigenvalue weighted by Crippen LogP contribution is 2.47. The molecule has 0 spiro atoms. The summed E-state index contributed by atoms with van der Waals surface area (Å²) in [6, 6.07) is 19.5. The maximum atomic E-state index is 15.4. The highest BCUT2D eigenvalue weighted by atomic mass is 32.2. The number of carbonyl (C=O) groups excluding carboxylic acids is 7. The van der Waals surface area contributed by atoms with Crippen LogP contribution in [-0.2, 0) is 40.6 Å². The van der Waals surface area contributed by atoms with Crippen molar-refractivity contribution in [1.29, 1.82) is 0 Å². The number of thioether (sulfide) groups is 2. The number of β-lactam (4-membered cyclic amide) rings is 1. The van der Waals surface area contributed by atoms with E-state index >= 15 is 4.39 Å². The number of halogens is 1. The quantitative estimate of drug-likeness (QED) is 0.0349. The van der Waals surface area contributed by atoms with Crippen molar-refractivity contribution in [3.8, 4) is 5.88 Å². The molecule has 22 heteroatoms. The van der Waals surface area contributed by atoms with Crippen LogP contribution in [0.1, 0.15) is 35.8 Å². The number of hydrogen-bond acceptors (Lipinski definition) is 14. The maximum absolute atomic E-state index is 15.4. The van der Waals surface area contributed by atoms with Crippen molar-refractivity contribution in [2.24, 2.45) is 7.05 Å². The molecule has 4 heterocycles. The van der Waals surface area contributed by atoms with E-state index in [1.165, 1.54) is 30.1 Å². The molecule has 3 aromatic carbocycles. The standard InChI is InChI=1S/C41H38FN9O10S2/c1-3-49-18-19-50(35(57)34(49)56)39(60)44-28(26-16-10-11-17-27(26)42)31(53)45-41(43-22-52)37(59)51-29(25(20-62-38(41)51)21-63-40-47-46-32(54)33(55)48(40)2)36(58)61-30(23-12-6-4-7-13-23)24-14-8-5-9-15-24/h4-17,22,28,30,38H,3,18-21H2,1-2H3,(H,43,52)(H,44,60)(H,45,53)(H,46,54)/t28?,38-,41+/m0/s1. The molecule has 0 aliphatic carbocycles.